The van der Waals surface area contributed by atoms with Crippen LogP contribution in [-0.2, 0) is 13.1 Å². The Labute approximate surface area is 192 Å². The molecule has 32 heavy (non-hydrogen) atoms. The molecule has 7 nitrogen and oxygen atoms in total. The normalized spacial score (nSPS) is 11.5. The number of aromatic amines is 1. The maximum atomic E-state index is 6.28. The van der Waals surface area contributed by atoms with Crippen molar-refractivity contribution in [1.82, 2.24) is 24.7 Å². The maximum Gasteiger partial charge on any atom is 0.183 e. The van der Waals surface area contributed by atoms with E-state index < -0.39 is 0 Å². The SMILES string of the molecule is [B]N(Cc1cccc(Cl)c1)Cc1nc(-c2ccc(N=CN)nc2)c(-c2cccc(C)n2)[nH]1. The van der Waals surface area contributed by atoms with E-state index in [1.165, 1.54) is 6.34 Å². The molecule has 0 spiro atoms. The van der Waals surface area contributed by atoms with Gasteiger partial charge in [-0.2, -0.15) is 0 Å². The fourth-order valence-corrected chi connectivity index (χ4v) is 3.58. The van der Waals surface area contributed by atoms with Crippen molar-refractivity contribution in [2.45, 2.75) is 20.0 Å². The van der Waals surface area contributed by atoms with Crippen LogP contribution in [0, 0.1) is 6.92 Å². The van der Waals surface area contributed by atoms with Crippen LogP contribution in [0.5, 0.6) is 0 Å². The minimum absolute atomic E-state index is 0.411. The minimum Gasteiger partial charge on any atom is -0.390 e. The summed E-state index contributed by atoms with van der Waals surface area (Å²) in [5, 5.41) is 0.680. The second-order valence-electron chi connectivity index (χ2n) is 7.29. The van der Waals surface area contributed by atoms with Crippen LogP contribution in [-0.4, -0.2) is 39.1 Å². The molecule has 0 aliphatic carbocycles. The molecule has 3 N–H and O–H groups in total. The first kappa shape index (κ1) is 21.7. The van der Waals surface area contributed by atoms with Crippen molar-refractivity contribution in [2.24, 2.45) is 10.7 Å². The van der Waals surface area contributed by atoms with Crippen LogP contribution >= 0.6 is 11.6 Å². The van der Waals surface area contributed by atoms with Crippen molar-refractivity contribution in [3.63, 3.8) is 0 Å². The zero-order chi connectivity index (χ0) is 22.5. The highest BCUT2D eigenvalue weighted by atomic mass is 35.5. The van der Waals surface area contributed by atoms with Gasteiger partial charge in [0.1, 0.15) is 5.82 Å². The highest BCUT2D eigenvalue weighted by molar-refractivity contribution is 6.30. The van der Waals surface area contributed by atoms with E-state index in [2.05, 4.69) is 19.9 Å². The minimum atomic E-state index is 0.411. The Morgan fingerprint density at radius 1 is 1.12 bits per heavy atom. The molecule has 0 bridgehead atoms. The van der Waals surface area contributed by atoms with Crippen LogP contribution in [0.15, 0.2) is 65.8 Å². The topological polar surface area (TPSA) is 96.1 Å². The number of hydrogen-bond acceptors (Lipinski definition) is 5. The molecule has 0 aliphatic rings. The molecule has 4 aromatic rings. The molecule has 3 aromatic heterocycles. The molecular weight excluding hydrogens is 421 g/mol. The number of hydrogen-bond donors (Lipinski definition) is 2. The number of halogens is 1. The first-order chi connectivity index (χ1) is 15.5. The van der Waals surface area contributed by atoms with Gasteiger partial charge in [0, 0.05) is 35.6 Å². The number of imidazole rings is 1. The number of nitrogens with zero attached hydrogens (tertiary/aromatic N) is 5. The van der Waals surface area contributed by atoms with Crippen LogP contribution in [0.4, 0.5) is 5.82 Å². The van der Waals surface area contributed by atoms with Gasteiger partial charge in [0.05, 0.1) is 23.4 Å². The van der Waals surface area contributed by atoms with Crippen molar-refractivity contribution in [2.75, 3.05) is 0 Å². The lowest BCUT2D eigenvalue weighted by molar-refractivity contribution is 0.432. The number of H-pyrrole nitrogens is 1. The maximum absolute atomic E-state index is 6.28. The molecule has 158 valence electrons. The van der Waals surface area contributed by atoms with E-state index in [1.54, 1.807) is 17.1 Å². The zero-order valence-electron chi connectivity index (χ0n) is 17.5. The monoisotopic (exact) mass is 441 g/mol. The fraction of sp³-hybridized carbons (Fsp3) is 0.130. The van der Waals surface area contributed by atoms with Gasteiger partial charge >= 0.3 is 0 Å². The van der Waals surface area contributed by atoms with Gasteiger partial charge < -0.3 is 15.5 Å². The largest absolute Gasteiger partial charge is 0.390 e. The molecular formula is C23H21BClN7. The van der Waals surface area contributed by atoms with E-state index in [0.717, 1.165) is 33.9 Å². The average Bonchev–Trinajstić information content (AvgIpc) is 3.18. The Bertz CT molecular complexity index is 1240. The second kappa shape index (κ2) is 9.76. The van der Waals surface area contributed by atoms with E-state index in [9.17, 15) is 0 Å². The second-order valence-corrected chi connectivity index (χ2v) is 7.73. The van der Waals surface area contributed by atoms with Crippen LogP contribution in [0.2, 0.25) is 5.02 Å². The molecule has 4 rings (SSSR count). The van der Waals surface area contributed by atoms with Gasteiger partial charge in [-0.05, 0) is 48.9 Å². The number of nitrogens with one attached hydrogen (secondary N) is 1. The number of benzene rings is 1. The third-order valence-electron chi connectivity index (χ3n) is 4.75. The van der Waals surface area contributed by atoms with Crippen molar-refractivity contribution in [3.05, 3.63) is 82.9 Å². The van der Waals surface area contributed by atoms with E-state index >= 15 is 0 Å². The lowest BCUT2D eigenvalue weighted by Gasteiger charge is -2.16. The Hall–Kier alpha value is -3.49. The summed E-state index contributed by atoms with van der Waals surface area (Å²) in [7, 11) is 6.28. The Kier molecular flexibility index (Phi) is 6.63. The molecule has 1 aromatic carbocycles. The Morgan fingerprint density at radius 3 is 2.69 bits per heavy atom. The third kappa shape index (κ3) is 5.22. The molecule has 0 aliphatic heterocycles. The van der Waals surface area contributed by atoms with Crippen molar-refractivity contribution >= 4 is 31.7 Å². The quantitative estimate of drug-likeness (QED) is 0.254. The van der Waals surface area contributed by atoms with Gasteiger partial charge in [-0.3, -0.25) is 4.98 Å². The molecule has 2 radical (unpaired) electrons. The summed E-state index contributed by atoms with van der Waals surface area (Å²) in [4.78, 5) is 22.9. The smallest absolute Gasteiger partial charge is 0.183 e. The van der Waals surface area contributed by atoms with Gasteiger partial charge in [0.2, 0.25) is 0 Å². The van der Waals surface area contributed by atoms with Gasteiger partial charge in [-0.1, -0.05) is 29.8 Å². The van der Waals surface area contributed by atoms with E-state index in [0.29, 0.717) is 29.8 Å². The van der Waals surface area contributed by atoms with E-state index in [1.807, 2.05) is 55.5 Å². The molecule has 0 fully saturated rings. The van der Waals surface area contributed by atoms with Crippen molar-refractivity contribution in [3.8, 4) is 22.6 Å². The fourth-order valence-electron chi connectivity index (χ4n) is 3.37. The highest BCUT2D eigenvalue weighted by Crippen LogP contribution is 2.30. The van der Waals surface area contributed by atoms with Crippen molar-refractivity contribution in [1.29, 1.82) is 0 Å². The summed E-state index contributed by atoms with van der Waals surface area (Å²) in [6.45, 7) is 2.89. The summed E-state index contributed by atoms with van der Waals surface area (Å²) in [5.74, 6) is 1.24. The van der Waals surface area contributed by atoms with Crippen LogP contribution in [0.3, 0.4) is 0 Å². The third-order valence-corrected chi connectivity index (χ3v) is 4.99. The number of rotatable bonds is 7. The Morgan fingerprint density at radius 2 is 1.97 bits per heavy atom. The average molecular weight is 442 g/mol. The first-order valence-corrected chi connectivity index (χ1v) is 10.4. The summed E-state index contributed by atoms with van der Waals surface area (Å²) in [6, 6.07) is 17.2. The van der Waals surface area contributed by atoms with Gasteiger partial charge in [-0.15, -0.1) is 0 Å². The van der Waals surface area contributed by atoms with E-state index in [4.69, 9.17) is 30.3 Å². The summed E-state index contributed by atoms with van der Waals surface area (Å²) >= 11 is 6.09. The van der Waals surface area contributed by atoms with Crippen LogP contribution < -0.4 is 5.73 Å². The molecule has 0 atom stereocenters. The summed E-state index contributed by atoms with van der Waals surface area (Å²) < 4.78 is 0. The van der Waals surface area contributed by atoms with Gasteiger partial charge in [0.25, 0.3) is 0 Å². The molecule has 9 heteroatoms. The molecule has 3 heterocycles. The molecule has 0 amide bonds. The van der Waals surface area contributed by atoms with Gasteiger partial charge in [0.15, 0.2) is 13.8 Å². The van der Waals surface area contributed by atoms with Gasteiger partial charge in [-0.25, -0.2) is 15.0 Å². The van der Waals surface area contributed by atoms with Crippen molar-refractivity contribution < 1.29 is 0 Å². The highest BCUT2D eigenvalue weighted by Gasteiger charge is 2.17. The molecule has 0 saturated carbocycles. The van der Waals surface area contributed by atoms with Crippen LogP contribution in [0.25, 0.3) is 22.6 Å². The molecule has 0 saturated heterocycles. The Balaban J connectivity index is 1.65. The summed E-state index contributed by atoms with van der Waals surface area (Å²) in [6.07, 6.45) is 2.93. The zero-order valence-corrected chi connectivity index (χ0v) is 18.3. The van der Waals surface area contributed by atoms with E-state index in [-0.39, 0.29) is 0 Å². The number of aromatic nitrogens is 4. The predicted molar refractivity (Wildman–Crippen MR) is 129 cm³/mol. The lowest BCUT2D eigenvalue weighted by atomic mass is 10.1. The first-order valence-electron chi connectivity index (χ1n) is 9.99. The lowest BCUT2D eigenvalue weighted by Crippen LogP contribution is -2.19. The number of pyridine rings is 2. The summed E-state index contributed by atoms with van der Waals surface area (Å²) in [5.41, 5.74) is 10.5. The number of nitrogens with two attached hydrogens (primary N) is 1. The number of aliphatic imine (C=N–C) groups is 1. The van der Waals surface area contributed by atoms with Crippen LogP contribution in [0.1, 0.15) is 17.1 Å². The standard InChI is InChI=1S/C23H21BClN7/c1-15-4-2-7-19(29-15)23-22(17-8-9-20(27-11-17)28-14-26)30-21(31-23)13-32(24)12-16-5-3-6-18(25)10-16/h2-11,14H,12-13H2,1H3,(H,30,31)(H2,26,27,28). The molecule has 0 unspecified atom stereocenters. The predicted octanol–water partition coefficient (Wildman–Crippen LogP) is 4.20. The number of aryl methyl sites for hydroxylation is 1.